The van der Waals surface area contributed by atoms with E-state index in [1.54, 1.807) is 0 Å². The summed E-state index contributed by atoms with van der Waals surface area (Å²) in [6.07, 6.45) is 4.86. The fourth-order valence-corrected chi connectivity index (χ4v) is 3.21. The van der Waals surface area contributed by atoms with E-state index in [1.165, 1.54) is 25.7 Å². The zero-order valence-electron chi connectivity index (χ0n) is 12.1. The molecule has 0 bridgehead atoms. The maximum absolute atomic E-state index is 12.6. The van der Waals surface area contributed by atoms with E-state index in [2.05, 4.69) is 31.0 Å². The number of nitrogens with zero attached hydrogens (tertiary/aromatic N) is 1. The summed E-state index contributed by atoms with van der Waals surface area (Å²) in [5, 5.41) is 3.27. The fraction of sp³-hybridized carbons (Fsp3) is 0.933. The lowest BCUT2D eigenvalue weighted by atomic mass is 9.86. The first-order valence-electron chi connectivity index (χ1n) is 7.60. The van der Waals surface area contributed by atoms with Crippen LogP contribution in [-0.2, 0) is 4.79 Å². The molecule has 2 atom stereocenters. The normalized spacial score (nSPS) is 27.1. The molecule has 2 unspecified atom stereocenters. The number of hydrogen-bond donors (Lipinski definition) is 1. The molecule has 2 heterocycles. The van der Waals surface area contributed by atoms with Crippen LogP contribution in [0.3, 0.4) is 0 Å². The van der Waals surface area contributed by atoms with Gasteiger partial charge in [0.05, 0.1) is 0 Å². The van der Waals surface area contributed by atoms with Gasteiger partial charge in [-0.2, -0.15) is 0 Å². The molecule has 2 fully saturated rings. The van der Waals surface area contributed by atoms with E-state index in [9.17, 15) is 4.79 Å². The Labute approximate surface area is 111 Å². The molecule has 0 aromatic heterocycles. The molecule has 1 amide bonds. The lowest BCUT2D eigenvalue weighted by Crippen LogP contribution is -2.53. The first-order chi connectivity index (χ1) is 8.59. The van der Waals surface area contributed by atoms with Gasteiger partial charge in [0.25, 0.3) is 0 Å². The molecule has 0 saturated carbocycles. The summed E-state index contributed by atoms with van der Waals surface area (Å²) in [4.78, 5) is 14.8. The van der Waals surface area contributed by atoms with E-state index in [1.807, 2.05) is 0 Å². The van der Waals surface area contributed by atoms with Crippen molar-refractivity contribution >= 4 is 5.91 Å². The number of carbonyl (C=O) groups excluding carboxylic acids is 1. The van der Waals surface area contributed by atoms with Crippen LogP contribution >= 0.6 is 0 Å². The highest BCUT2D eigenvalue weighted by Crippen LogP contribution is 2.27. The number of hydrogen-bond acceptors (Lipinski definition) is 2. The molecule has 18 heavy (non-hydrogen) atoms. The van der Waals surface area contributed by atoms with Crippen LogP contribution in [0.4, 0.5) is 0 Å². The molecule has 0 aromatic rings. The van der Waals surface area contributed by atoms with Crippen molar-refractivity contribution in [2.45, 2.75) is 52.5 Å². The predicted molar refractivity (Wildman–Crippen MR) is 74.3 cm³/mol. The second-order valence-corrected chi connectivity index (χ2v) is 6.52. The van der Waals surface area contributed by atoms with Crippen LogP contribution in [0.15, 0.2) is 0 Å². The van der Waals surface area contributed by atoms with Crippen LogP contribution in [0.5, 0.6) is 0 Å². The van der Waals surface area contributed by atoms with Gasteiger partial charge in [-0.05, 0) is 50.6 Å². The van der Waals surface area contributed by atoms with Crippen molar-refractivity contribution in [2.75, 3.05) is 19.6 Å². The van der Waals surface area contributed by atoms with Gasteiger partial charge >= 0.3 is 0 Å². The minimum Gasteiger partial charge on any atom is -0.339 e. The van der Waals surface area contributed by atoms with Crippen LogP contribution in [0.2, 0.25) is 0 Å². The van der Waals surface area contributed by atoms with Crippen LogP contribution in [0, 0.1) is 17.8 Å². The van der Waals surface area contributed by atoms with E-state index in [0.29, 0.717) is 23.8 Å². The third-order valence-electron chi connectivity index (χ3n) is 4.56. The first kappa shape index (κ1) is 13.9. The minimum atomic E-state index is 0.207. The average Bonchev–Trinajstić information content (AvgIpc) is 2.25. The summed E-state index contributed by atoms with van der Waals surface area (Å²) in [6, 6.07) is 0.502. The summed E-state index contributed by atoms with van der Waals surface area (Å²) >= 11 is 0. The van der Waals surface area contributed by atoms with Gasteiger partial charge in [0.15, 0.2) is 0 Å². The van der Waals surface area contributed by atoms with E-state index < -0.39 is 0 Å². The Hall–Kier alpha value is -0.570. The van der Waals surface area contributed by atoms with E-state index in [0.717, 1.165) is 19.6 Å². The zero-order valence-corrected chi connectivity index (χ0v) is 12.1. The van der Waals surface area contributed by atoms with Gasteiger partial charge in [-0.15, -0.1) is 0 Å². The van der Waals surface area contributed by atoms with Crippen LogP contribution in [0.25, 0.3) is 0 Å². The summed E-state index contributed by atoms with van der Waals surface area (Å²) < 4.78 is 0. The van der Waals surface area contributed by atoms with Crippen molar-refractivity contribution in [1.82, 2.24) is 10.2 Å². The third-order valence-corrected chi connectivity index (χ3v) is 4.56. The lowest BCUT2D eigenvalue weighted by molar-refractivity contribution is -0.141. The fourth-order valence-electron chi connectivity index (χ4n) is 3.21. The number of likely N-dealkylation sites (tertiary alicyclic amines) is 1. The summed E-state index contributed by atoms with van der Waals surface area (Å²) in [5.74, 6) is 1.87. The van der Waals surface area contributed by atoms with Crippen molar-refractivity contribution in [3.63, 3.8) is 0 Å². The molecule has 0 aliphatic carbocycles. The molecule has 2 rings (SSSR count). The predicted octanol–water partition coefficient (Wildman–Crippen LogP) is 2.27. The highest BCUT2D eigenvalue weighted by atomic mass is 16.2. The summed E-state index contributed by atoms with van der Waals surface area (Å²) in [5.41, 5.74) is 0. The summed E-state index contributed by atoms with van der Waals surface area (Å²) in [6.45, 7) is 9.67. The molecule has 0 spiro atoms. The molecular formula is C15H28N2O. The van der Waals surface area contributed by atoms with Gasteiger partial charge in [0.2, 0.25) is 5.91 Å². The Morgan fingerprint density at radius 3 is 2.56 bits per heavy atom. The molecule has 0 aromatic carbocycles. The maximum atomic E-state index is 12.6. The van der Waals surface area contributed by atoms with Gasteiger partial charge in [-0.25, -0.2) is 0 Å². The van der Waals surface area contributed by atoms with Crippen LogP contribution in [-0.4, -0.2) is 36.5 Å². The number of rotatable bonds is 4. The Morgan fingerprint density at radius 2 is 2.00 bits per heavy atom. The molecule has 3 nitrogen and oxygen atoms in total. The van der Waals surface area contributed by atoms with E-state index >= 15 is 0 Å². The Bertz CT molecular complexity index is 286. The largest absolute Gasteiger partial charge is 0.339 e. The second-order valence-electron chi connectivity index (χ2n) is 6.52. The van der Waals surface area contributed by atoms with Gasteiger partial charge in [0, 0.05) is 18.5 Å². The molecule has 3 heteroatoms. The van der Waals surface area contributed by atoms with Crippen molar-refractivity contribution in [1.29, 1.82) is 0 Å². The summed E-state index contributed by atoms with van der Waals surface area (Å²) in [7, 11) is 0. The number of nitrogens with one attached hydrogen (secondary N) is 1. The van der Waals surface area contributed by atoms with Crippen molar-refractivity contribution in [3.05, 3.63) is 0 Å². The highest BCUT2D eigenvalue weighted by Gasteiger charge is 2.35. The first-order valence-corrected chi connectivity index (χ1v) is 7.60. The quantitative estimate of drug-likeness (QED) is 0.832. The molecular weight excluding hydrogens is 224 g/mol. The van der Waals surface area contributed by atoms with Crippen LogP contribution in [0.1, 0.15) is 46.5 Å². The van der Waals surface area contributed by atoms with Crippen molar-refractivity contribution in [3.8, 4) is 0 Å². The second kappa shape index (κ2) is 6.05. The van der Waals surface area contributed by atoms with E-state index in [-0.39, 0.29) is 5.92 Å². The van der Waals surface area contributed by atoms with Crippen molar-refractivity contribution < 1.29 is 4.79 Å². The monoisotopic (exact) mass is 252 g/mol. The van der Waals surface area contributed by atoms with Gasteiger partial charge in [0.1, 0.15) is 0 Å². The van der Waals surface area contributed by atoms with E-state index in [4.69, 9.17) is 0 Å². The maximum Gasteiger partial charge on any atom is 0.226 e. The SMILES string of the molecule is CC(C)CC1CCCCN1C(=O)C(C)C1CNC1. The number of carbonyl (C=O) groups is 1. The molecule has 2 aliphatic heterocycles. The molecule has 2 aliphatic rings. The highest BCUT2D eigenvalue weighted by molar-refractivity contribution is 5.79. The van der Waals surface area contributed by atoms with Gasteiger partial charge in [-0.3, -0.25) is 4.79 Å². The Balaban J connectivity index is 1.96. The standard InChI is InChI=1S/C15H28N2O/c1-11(2)8-14-6-4-5-7-17(14)15(18)12(3)13-9-16-10-13/h11-14,16H,4-10H2,1-3H3. The zero-order chi connectivity index (χ0) is 13.1. The topological polar surface area (TPSA) is 32.3 Å². The minimum absolute atomic E-state index is 0.207. The van der Waals surface area contributed by atoms with Crippen molar-refractivity contribution in [2.24, 2.45) is 17.8 Å². The van der Waals surface area contributed by atoms with Gasteiger partial charge < -0.3 is 10.2 Å². The molecule has 0 radical (unpaired) electrons. The third kappa shape index (κ3) is 3.05. The van der Waals surface area contributed by atoms with Gasteiger partial charge in [-0.1, -0.05) is 20.8 Å². The number of amides is 1. The Morgan fingerprint density at radius 1 is 1.28 bits per heavy atom. The smallest absolute Gasteiger partial charge is 0.226 e. The molecule has 2 saturated heterocycles. The van der Waals surface area contributed by atoms with Crippen LogP contribution < -0.4 is 5.32 Å². The molecule has 104 valence electrons. The Kier molecular flexibility index (Phi) is 4.66. The average molecular weight is 252 g/mol. The molecule has 1 N–H and O–H groups in total. The number of piperidine rings is 1. The lowest BCUT2D eigenvalue weighted by Gasteiger charge is -2.41.